The smallest absolute Gasteiger partial charge is 0.306 e. The molecule has 1 unspecified atom stereocenters. The molecule has 18 nitrogen and oxygen atoms in total. The molecule has 0 aromatic heterocycles. The summed E-state index contributed by atoms with van der Waals surface area (Å²) in [7, 11) is 0. The SMILES string of the molecule is C[C@@H]1OC[C@@H](O[C@@H]2C[C@H](c3ccc4c(c3O)C(=O)c3ccc(CC(C)(CC(=O)O)O[C@H]5CC[C@H](O[C@H]6CC[C@@H](O)[C@H](C)O6)[C@H](C)O5)c(O)c3C4=O)O[C@H](C)[C@H]2O[C@H]2CCC(=O)[C@H](C)O2)CC1=O. The minimum Gasteiger partial charge on any atom is -0.507 e. The first kappa shape index (κ1) is 49.2. The third-order valence-electron chi connectivity index (χ3n) is 14.0. The second-order valence-corrected chi connectivity index (χ2v) is 19.2. The van der Waals surface area contributed by atoms with Gasteiger partial charge in [-0.25, -0.2) is 0 Å². The molecule has 5 fully saturated rings. The molecule has 0 spiro atoms. The molecule has 15 atom stereocenters. The molecule has 0 bridgehead atoms. The lowest BCUT2D eigenvalue weighted by Gasteiger charge is -2.44. The summed E-state index contributed by atoms with van der Waals surface area (Å²) in [5.74, 6) is -3.75. The van der Waals surface area contributed by atoms with E-state index in [9.17, 15) is 44.4 Å². The molecule has 18 heteroatoms. The molecule has 0 radical (unpaired) electrons. The summed E-state index contributed by atoms with van der Waals surface area (Å²) in [6.07, 6.45) is -6.43. The lowest BCUT2D eigenvalue weighted by Crippen LogP contribution is -2.52. The summed E-state index contributed by atoms with van der Waals surface area (Å²) in [4.78, 5) is 65.6. The van der Waals surface area contributed by atoms with Gasteiger partial charge >= 0.3 is 5.97 Å². The minimum absolute atomic E-state index is 0.0315. The van der Waals surface area contributed by atoms with Gasteiger partial charge in [-0.1, -0.05) is 12.1 Å². The fourth-order valence-corrected chi connectivity index (χ4v) is 10.2. The van der Waals surface area contributed by atoms with Crippen LogP contribution in [-0.4, -0.2) is 142 Å². The Morgan fingerprint density at radius 3 is 2.06 bits per heavy atom. The highest BCUT2D eigenvalue weighted by Crippen LogP contribution is 2.46. The monoisotopic (exact) mass is 938 g/mol. The number of carboxylic acid groups (broad SMARTS) is 1. The zero-order valence-electron chi connectivity index (χ0n) is 38.7. The highest BCUT2D eigenvalue weighted by Gasteiger charge is 2.46. The van der Waals surface area contributed by atoms with Crippen LogP contribution in [0.3, 0.4) is 0 Å². The normalized spacial score (nSPS) is 35.7. The number of hydrogen-bond acceptors (Lipinski definition) is 17. The van der Waals surface area contributed by atoms with Crippen LogP contribution in [0.1, 0.15) is 148 Å². The summed E-state index contributed by atoms with van der Waals surface area (Å²) in [6, 6.07) is 5.69. The molecule has 366 valence electrons. The van der Waals surface area contributed by atoms with Crippen LogP contribution in [0.15, 0.2) is 24.3 Å². The Hall–Kier alpha value is -4.21. The van der Waals surface area contributed by atoms with Crippen LogP contribution in [-0.2, 0) is 63.4 Å². The van der Waals surface area contributed by atoms with E-state index < -0.39 is 115 Å². The van der Waals surface area contributed by atoms with Gasteiger partial charge in [0.15, 0.2) is 42.0 Å². The van der Waals surface area contributed by atoms with Gasteiger partial charge in [0, 0.05) is 61.6 Å². The van der Waals surface area contributed by atoms with Crippen molar-refractivity contribution in [3.63, 3.8) is 0 Å². The van der Waals surface area contributed by atoms with Crippen molar-refractivity contribution in [2.45, 2.75) is 197 Å². The molecule has 67 heavy (non-hydrogen) atoms. The topological polar surface area (TPSA) is 249 Å². The molecule has 4 N–H and O–H groups in total. The van der Waals surface area contributed by atoms with Crippen molar-refractivity contribution in [1.29, 1.82) is 0 Å². The number of carboxylic acids is 1. The number of ketones is 4. The number of rotatable bonds is 13. The lowest BCUT2D eigenvalue weighted by atomic mass is 9.79. The number of carbonyl (C=O) groups is 5. The average Bonchev–Trinajstić information content (AvgIpc) is 3.26. The molecule has 5 aliphatic heterocycles. The second kappa shape index (κ2) is 20.0. The summed E-state index contributed by atoms with van der Waals surface area (Å²) < 4.78 is 55.4. The van der Waals surface area contributed by atoms with Gasteiger partial charge in [-0.15, -0.1) is 0 Å². The Balaban J connectivity index is 0.988. The summed E-state index contributed by atoms with van der Waals surface area (Å²) in [6.45, 7) is 10.5. The molecule has 5 saturated heterocycles. The fourth-order valence-electron chi connectivity index (χ4n) is 10.2. The number of aliphatic hydroxyl groups is 1. The number of Topliss-reactive ketones (excluding diaryl/α,β-unsaturated/α-hetero) is 2. The predicted molar refractivity (Wildman–Crippen MR) is 232 cm³/mol. The highest BCUT2D eigenvalue weighted by atomic mass is 16.7. The van der Waals surface area contributed by atoms with Gasteiger partial charge in [-0.2, -0.15) is 0 Å². The van der Waals surface area contributed by atoms with Crippen molar-refractivity contribution in [3.05, 3.63) is 57.6 Å². The molecule has 1 aliphatic carbocycles. The van der Waals surface area contributed by atoms with E-state index in [1.807, 2.05) is 6.92 Å². The number of aromatic hydroxyl groups is 2. The van der Waals surface area contributed by atoms with Crippen molar-refractivity contribution < 1.29 is 87.0 Å². The standard InChI is InChI=1S/C49H62O18/c1-22-34(52)17-28(21-59-22)64-37-18-36(60-26(5)48(37)66-40-15-12-33(51)24(3)62-40)29-9-10-31-43(45(29)56)47(58)30-8-7-27(44(55)42(30)46(31)57)19-49(6,20-38(53)54)67-41-16-13-35(25(4)63-41)65-39-14-11-32(50)23(2)61-39/h7-10,22-26,28,32,35-37,39-41,48,50,55-56H,11-21H2,1-6H3,(H,53,54)/t22-,23-,24-,25-,26+,28-,32+,35-,36+,37+,39-,40-,41-,48+,49?/m0/s1. The van der Waals surface area contributed by atoms with Crippen LogP contribution in [0.5, 0.6) is 11.5 Å². The van der Waals surface area contributed by atoms with Crippen molar-refractivity contribution in [3.8, 4) is 11.5 Å². The summed E-state index contributed by atoms with van der Waals surface area (Å²) in [5, 5.41) is 43.6. The fraction of sp³-hybridized carbons (Fsp3) is 0.653. The first-order chi connectivity index (χ1) is 31.8. The molecule has 2 aromatic rings. The van der Waals surface area contributed by atoms with Crippen LogP contribution >= 0.6 is 0 Å². The van der Waals surface area contributed by atoms with Crippen molar-refractivity contribution in [2.75, 3.05) is 6.61 Å². The zero-order chi connectivity index (χ0) is 48.1. The maximum atomic E-state index is 14.3. The van der Waals surface area contributed by atoms with Gasteiger partial charge < -0.3 is 63.1 Å². The van der Waals surface area contributed by atoms with Crippen molar-refractivity contribution in [2.24, 2.45) is 0 Å². The lowest BCUT2D eigenvalue weighted by molar-refractivity contribution is -0.295. The minimum atomic E-state index is -1.44. The number of phenols is 2. The zero-order valence-corrected chi connectivity index (χ0v) is 38.7. The van der Waals surface area contributed by atoms with Crippen LogP contribution in [0.25, 0.3) is 0 Å². The van der Waals surface area contributed by atoms with Gasteiger partial charge in [0.05, 0.1) is 78.6 Å². The Morgan fingerprint density at radius 1 is 0.716 bits per heavy atom. The number of ether oxygens (including phenoxy) is 9. The number of fused-ring (bicyclic) bond motifs is 2. The number of phenolic OH excluding ortho intramolecular Hbond substituents is 2. The largest absolute Gasteiger partial charge is 0.507 e. The van der Waals surface area contributed by atoms with Crippen LogP contribution < -0.4 is 0 Å². The summed E-state index contributed by atoms with van der Waals surface area (Å²) >= 11 is 0. The van der Waals surface area contributed by atoms with E-state index in [4.69, 9.17) is 42.6 Å². The van der Waals surface area contributed by atoms with E-state index >= 15 is 0 Å². The van der Waals surface area contributed by atoms with E-state index in [0.29, 0.717) is 32.1 Å². The maximum Gasteiger partial charge on any atom is 0.306 e. The van der Waals surface area contributed by atoms with E-state index in [1.165, 1.54) is 24.3 Å². The number of carbonyl (C=O) groups excluding carboxylic acids is 4. The Labute approximate surface area is 388 Å². The molecular weight excluding hydrogens is 877 g/mol. The third-order valence-corrected chi connectivity index (χ3v) is 14.0. The molecule has 0 saturated carbocycles. The Morgan fingerprint density at radius 2 is 1.39 bits per heavy atom. The van der Waals surface area contributed by atoms with Gasteiger partial charge in [0.2, 0.25) is 0 Å². The quantitative estimate of drug-likeness (QED) is 0.177. The first-order valence-corrected chi connectivity index (χ1v) is 23.4. The molecule has 0 amide bonds. The van der Waals surface area contributed by atoms with Crippen LogP contribution in [0.4, 0.5) is 0 Å². The van der Waals surface area contributed by atoms with Crippen molar-refractivity contribution >= 4 is 29.1 Å². The van der Waals surface area contributed by atoms with Gasteiger partial charge in [0.1, 0.15) is 29.8 Å². The highest BCUT2D eigenvalue weighted by molar-refractivity contribution is 6.30. The van der Waals surface area contributed by atoms with E-state index in [0.717, 1.165) is 0 Å². The maximum absolute atomic E-state index is 14.3. The van der Waals surface area contributed by atoms with E-state index in [-0.39, 0.29) is 89.4 Å². The van der Waals surface area contributed by atoms with E-state index in [2.05, 4.69) is 0 Å². The molecule has 5 heterocycles. The number of aliphatic carboxylic acids is 1. The first-order valence-electron chi connectivity index (χ1n) is 23.4. The third kappa shape index (κ3) is 10.5. The van der Waals surface area contributed by atoms with Gasteiger partial charge in [-0.3, -0.25) is 24.0 Å². The van der Waals surface area contributed by atoms with Crippen LogP contribution in [0, 0.1) is 0 Å². The Kier molecular flexibility index (Phi) is 14.7. The summed E-state index contributed by atoms with van der Waals surface area (Å²) in [5.41, 5.74) is -1.93. The average molecular weight is 939 g/mol. The van der Waals surface area contributed by atoms with Gasteiger partial charge in [-0.05, 0) is 72.1 Å². The second-order valence-electron chi connectivity index (χ2n) is 19.2. The van der Waals surface area contributed by atoms with Gasteiger partial charge in [0.25, 0.3) is 0 Å². The van der Waals surface area contributed by atoms with E-state index in [1.54, 1.807) is 34.6 Å². The molecular formula is C49H62O18. The molecule has 8 rings (SSSR count). The number of hydrogen-bond donors (Lipinski definition) is 4. The molecule has 6 aliphatic rings. The van der Waals surface area contributed by atoms with Crippen molar-refractivity contribution in [1.82, 2.24) is 0 Å². The van der Waals surface area contributed by atoms with Crippen LogP contribution in [0.2, 0.25) is 0 Å². The predicted octanol–water partition coefficient (Wildman–Crippen LogP) is 4.92. The number of benzene rings is 2. The molecule has 2 aromatic carbocycles. The number of aliphatic hydroxyl groups excluding tert-OH is 1. The Bertz CT molecular complexity index is 2230.